The molecule has 1 fully saturated rings. The number of carbonyl (C=O) groups excluding carboxylic acids is 2. The van der Waals surface area contributed by atoms with Crippen LogP contribution in [0.5, 0.6) is 0 Å². The maximum absolute atomic E-state index is 13.4. The first-order valence-electron chi connectivity index (χ1n) is 7.80. The number of thioether (sulfide) groups is 1. The van der Waals surface area contributed by atoms with Gasteiger partial charge in [-0.05, 0) is 25.0 Å². The normalized spacial score (nSPS) is 16.0. The van der Waals surface area contributed by atoms with Crippen LogP contribution in [0.3, 0.4) is 0 Å². The average molecular weight is 350 g/mol. The van der Waals surface area contributed by atoms with Gasteiger partial charge < -0.3 is 10.1 Å². The van der Waals surface area contributed by atoms with E-state index in [0.29, 0.717) is 17.7 Å². The number of rotatable bonds is 6. The summed E-state index contributed by atoms with van der Waals surface area (Å²) in [6.07, 6.45) is 4.08. The SMILES string of the molecule is N#CC1(NC(=O)COC(=O)CSc2ccccc2F)CCCCC1. The molecule has 1 aromatic carbocycles. The van der Waals surface area contributed by atoms with E-state index in [-0.39, 0.29) is 5.75 Å². The molecule has 0 spiro atoms. The number of ether oxygens (including phenoxy) is 1. The Morgan fingerprint density at radius 3 is 2.67 bits per heavy atom. The zero-order valence-electron chi connectivity index (χ0n) is 13.2. The molecule has 1 saturated carbocycles. The molecule has 1 aliphatic rings. The van der Waals surface area contributed by atoms with Crippen LogP contribution in [0.1, 0.15) is 32.1 Å². The first kappa shape index (κ1) is 18.3. The molecule has 1 aromatic rings. The lowest BCUT2D eigenvalue weighted by Crippen LogP contribution is -2.50. The van der Waals surface area contributed by atoms with Crippen LogP contribution in [0.4, 0.5) is 4.39 Å². The van der Waals surface area contributed by atoms with Crippen molar-refractivity contribution in [3.8, 4) is 6.07 Å². The predicted octanol–water partition coefficient (Wildman–Crippen LogP) is 2.80. The molecule has 0 aliphatic heterocycles. The van der Waals surface area contributed by atoms with Gasteiger partial charge in [-0.15, -0.1) is 11.8 Å². The largest absolute Gasteiger partial charge is 0.455 e. The maximum atomic E-state index is 13.4. The van der Waals surface area contributed by atoms with Crippen LogP contribution in [0, 0.1) is 17.1 Å². The molecule has 128 valence electrons. The number of esters is 1. The van der Waals surface area contributed by atoms with Crippen molar-refractivity contribution in [1.29, 1.82) is 5.26 Å². The highest BCUT2D eigenvalue weighted by atomic mass is 32.2. The van der Waals surface area contributed by atoms with Gasteiger partial charge in [0.25, 0.3) is 5.91 Å². The summed E-state index contributed by atoms with van der Waals surface area (Å²) in [6, 6.07) is 8.30. The van der Waals surface area contributed by atoms with E-state index in [1.165, 1.54) is 6.07 Å². The molecule has 0 bridgehead atoms. The summed E-state index contributed by atoms with van der Waals surface area (Å²) in [5.41, 5.74) is -0.844. The smallest absolute Gasteiger partial charge is 0.316 e. The Hall–Kier alpha value is -2.07. The molecule has 0 unspecified atom stereocenters. The second-order valence-electron chi connectivity index (χ2n) is 5.68. The minimum atomic E-state index is -0.844. The van der Waals surface area contributed by atoms with Crippen molar-refractivity contribution < 1.29 is 18.7 Å². The van der Waals surface area contributed by atoms with E-state index in [2.05, 4.69) is 11.4 Å². The monoisotopic (exact) mass is 350 g/mol. The predicted molar refractivity (Wildman–Crippen MR) is 87.7 cm³/mol. The molecule has 0 radical (unpaired) electrons. The number of hydrogen-bond donors (Lipinski definition) is 1. The Kier molecular flexibility index (Phi) is 6.62. The number of halogens is 1. The van der Waals surface area contributed by atoms with Gasteiger partial charge in [0.05, 0.1) is 11.8 Å². The highest BCUT2D eigenvalue weighted by Crippen LogP contribution is 2.27. The van der Waals surface area contributed by atoms with Crippen LogP contribution in [-0.2, 0) is 14.3 Å². The number of benzene rings is 1. The Balaban J connectivity index is 1.74. The molecule has 7 heteroatoms. The number of carbonyl (C=O) groups is 2. The van der Waals surface area contributed by atoms with Gasteiger partial charge in [0.15, 0.2) is 6.61 Å². The molecule has 5 nitrogen and oxygen atoms in total. The van der Waals surface area contributed by atoms with Gasteiger partial charge in [-0.3, -0.25) is 9.59 Å². The fourth-order valence-corrected chi connectivity index (χ4v) is 3.35. The quantitative estimate of drug-likeness (QED) is 0.630. The van der Waals surface area contributed by atoms with Crippen LogP contribution in [0.2, 0.25) is 0 Å². The van der Waals surface area contributed by atoms with Gasteiger partial charge in [0.1, 0.15) is 11.4 Å². The van der Waals surface area contributed by atoms with E-state index in [1.807, 2.05) is 0 Å². The van der Waals surface area contributed by atoms with Gasteiger partial charge in [-0.2, -0.15) is 5.26 Å². The summed E-state index contributed by atoms with van der Waals surface area (Å²) in [5.74, 6) is -1.57. The number of nitrogens with zero attached hydrogens (tertiary/aromatic N) is 1. The standard InChI is InChI=1S/C17H19FN2O3S/c18-13-6-2-3-7-14(13)24-11-16(22)23-10-15(21)20-17(12-19)8-4-1-5-9-17/h2-3,6-7H,1,4-5,8-11H2,(H,20,21). The molecule has 24 heavy (non-hydrogen) atoms. The molecule has 1 N–H and O–H groups in total. The van der Waals surface area contributed by atoms with Crippen LogP contribution in [0.25, 0.3) is 0 Å². The fourth-order valence-electron chi connectivity index (χ4n) is 2.61. The average Bonchev–Trinajstić information content (AvgIpc) is 2.60. The minimum Gasteiger partial charge on any atom is -0.455 e. The van der Waals surface area contributed by atoms with Crippen LogP contribution in [0.15, 0.2) is 29.2 Å². The molecule has 1 amide bonds. The molecule has 2 rings (SSSR count). The third-order valence-corrected chi connectivity index (χ3v) is 4.87. The van der Waals surface area contributed by atoms with E-state index in [9.17, 15) is 19.2 Å². The van der Waals surface area contributed by atoms with Crippen molar-refractivity contribution in [1.82, 2.24) is 5.32 Å². The highest BCUT2D eigenvalue weighted by Gasteiger charge is 2.33. The molecule has 0 atom stereocenters. The number of nitriles is 1. The Labute approximate surface area is 144 Å². The van der Waals surface area contributed by atoms with Gasteiger partial charge in [-0.1, -0.05) is 31.4 Å². The zero-order valence-corrected chi connectivity index (χ0v) is 14.0. The molecular formula is C17H19FN2O3S. The van der Waals surface area contributed by atoms with Gasteiger partial charge >= 0.3 is 5.97 Å². The molecule has 0 aromatic heterocycles. The second kappa shape index (κ2) is 8.69. The van der Waals surface area contributed by atoms with E-state index in [1.54, 1.807) is 18.2 Å². The first-order chi connectivity index (χ1) is 11.5. The summed E-state index contributed by atoms with van der Waals surface area (Å²) in [4.78, 5) is 23.9. The summed E-state index contributed by atoms with van der Waals surface area (Å²) < 4.78 is 18.3. The van der Waals surface area contributed by atoms with E-state index in [0.717, 1.165) is 31.0 Å². The van der Waals surface area contributed by atoms with Gasteiger partial charge in [0, 0.05) is 4.90 Å². The summed E-state index contributed by atoms with van der Waals surface area (Å²) >= 11 is 1.01. The number of amides is 1. The maximum Gasteiger partial charge on any atom is 0.316 e. The third-order valence-electron chi connectivity index (χ3n) is 3.85. The minimum absolute atomic E-state index is 0.0857. The van der Waals surface area contributed by atoms with Gasteiger partial charge in [0.2, 0.25) is 0 Å². The second-order valence-corrected chi connectivity index (χ2v) is 6.70. The van der Waals surface area contributed by atoms with E-state index < -0.39 is 29.8 Å². The van der Waals surface area contributed by atoms with E-state index >= 15 is 0 Å². The number of hydrogen-bond acceptors (Lipinski definition) is 5. The molecule has 0 heterocycles. The van der Waals surface area contributed by atoms with Crippen molar-refractivity contribution >= 4 is 23.6 Å². The lowest BCUT2D eigenvalue weighted by atomic mass is 9.83. The Morgan fingerprint density at radius 2 is 2.00 bits per heavy atom. The van der Waals surface area contributed by atoms with Crippen molar-refractivity contribution in [3.63, 3.8) is 0 Å². The lowest BCUT2D eigenvalue weighted by molar-refractivity contribution is -0.146. The summed E-state index contributed by atoms with van der Waals surface area (Å²) in [5, 5.41) is 12.0. The third kappa shape index (κ3) is 5.24. The molecule has 1 aliphatic carbocycles. The van der Waals surface area contributed by atoms with E-state index in [4.69, 9.17) is 4.74 Å². The molecular weight excluding hydrogens is 331 g/mol. The van der Waals surface area contributed by atoms with Crippen LogP contribution in [-0.4, -0.2) is 29.8 Å². The van der Waals surface area contributed by atoms with Crippen molar-refractivity contribution in [3.05, 3.63) is 30.1 Å². The number of nitrogens with one attached hydrogen (secondary N) is 1. The first-order valence-corrected chi connectivity index (χ1v) is 8.78. The summed E-state index contributed by atoms with van der Waals surface area (Å²) in [6.45, 7) is -0.430. The van der Waals surface area contributed by atoms with Crippen LogP contribution >= 0.6 is 11.8 Å². The fraction of sp³-hybridized carbons (Fsp3) is 0.471. The highest BCUT2D eigenvalue weighted by molar-refractivity contribution is 8.00. The topological polar surface area (TPSA) is 79.2 Å². The summed E-state index contributed by atoms with van der Waals surface area (Å²) in [7, 11) is 0. The Bertz CT molecular complexity index is 639. The zero-order chi connectivity index (χ0) is 17.4. The molecule has 0 saturated heterocycles. The lowest BCUT2D eigenvalue weighted by Gasteiger charge is -2.31. The Morgan fingerprint density at radius 1 is 1.29 bits per heavy atom. The van der Waals surface area contributed by atoms with Crippen molar-refractivity contribution in [2.75, 3.05) is 12.4 Å². The van der Waals surface area contributed by atoms with Crippen molar-refractivity contribution in [2.45, 2.75) is 42.5 Å². The van der Waals surface area contributed by atoms with Crippen molar-refractivity contribution in [2.24, 2.45) is 0 Å². The van der Waals surface area contributed by atoms with Crippen LogP contribution < -0.4 is 5.32 Å². The van der Waals surface area contributed by atoms with Gasteiger partial charge in [-0.25, -0.2) is 4.39 Å².